The molecule has 0 aromatic carbocycles. The first-order chi connectivity index (χ1) is 7.19. The lowest BCUT2D eigenvalue weighted by molar-refractivity contribution is 0.671. The second kappa shape index (κ2) is 6.48. The molecule has 0 radical (unpaired) electrons. The zero-order valence-corrected chi connectivity index (χ0v) is 12.1. The molecule has 2 nitrogen and oxygen atoms in total. The molecule has 86 valence electrons. The van der Waals surface area contributed by atoms with E-state index in [9.17, 15) is 0 Å². The van der Waals surface area contributed by atoms with E-state index in [1.165, 1.54) is 17.2 Å². The van der Waals surface area contributed by atoms with Gasteiger partial charge in [0.05, 0.1) is 5.69 Å². The van der Waals surface area contributed by atoms with Crippen molar-refractivity contribution >= 4 is 32.4 Å². The van der Waals surface area contributed by atoms with Gasteiger partial charge in [0.1, 0.15) is 0 Å². The molecule has 1 heterocycles. The van der Waals surface area contributed by atoms with Crippen molar-refractivity contribution in [1.29, 1.82) is 0 Å². The van der Waals surface area contributed by atoms with Gasteiger partial charge in [0.15, 0.2) is 5.13 Å². The number of hydrogen-bond acceptors (Lipinski definition) is 3. The first-order valence-electron chi connectivity index (χ1n) is 5.46. The Morgan fingerprint density at radius 3 is 2.73 bits per heavy atom. The van der Waals surface area contributed by atoms with Crippen LogP contribution in [-0.4, -0.2) is 22.9 Å². The molecule has 0 spiro atoms. The minimum absolute atomic E-state index is 0.528. The average Bonchev–Trinajstić information content (AvgIpc) is 2.66. The standard InChI is InChI=1S/C11H19BrN2S/c1-4-10-8-15-11(13-10)14(9(2)3)7-5-6-12/h8-9H,4-7H2,1-3H3. The molecule has 1 aromatic rings. The summed E-state index contributed by atoms with van der Waals surface area (Å²) in [5.74, 6) is 0. The minimum atomic E-state index is 0.528. The molecular formula is C11H19BrN2S. The summed E-state index contributed by atoms with van der Waals surface area (Å²) in [7, 11) is 0. The predicted molar refractivity (Wildman–Crippen MR) is 72.4 cm³/mol. The van der Waals surface area contributed by atoms with Gasteiger partial charge in [-0.05, 0) is 26.7 Å². The van der Waals surface area contributed by atoms with Gasteiger partial charge in [0.2, 0.25) is 0 Å². The van der Waals surface area contributed by atoms with E-state index in [-0.39, 0.29) is 0 Å². The van der Waals surface area contributed by atoms with Gasteiger partial charge < -0.3 is 4.90 Å². The largest absolute Gasteiger partial charge is 0.346 e. The molecule has 0 bridgehead atoms. The van der Waals surface area contributed by atoms with Crippen LogP contribution in [0, 0.1) is 0 Å². The van der Waals surface area contributed by atoms with Gasteiger partial charge in [-0.25, -0.2) is 4.98 Å². The van der Waals surface area contributed by atoms with Crippen molar-refractivity contribution in [2.24, 2.45) is 0 Å². The van der Waals surface area contributed by atoms with Gasteiger partial charge >= 0.3 is 0 Å². The smallest absolute Gasteiger partial charge is 0.185 e. The molecule has 0 N–H and O–H groups in total. The molecule has 15 heavy (non-hydrogen) atoms. The fraction of sp³-hybridized carbons (Fsp3) is 0.727. The van der Waals surface area contributed by atoms with E-state index in [1.807, 2.05) is 0 Å². The summed E-state index contributed by atoms with van der Waals surface area (Å²) in [6.45, 7) is 7.68. The topological polar surface area (TPSA) is 16.1 Å². The Hall–Kier alpha value is -0.0900. The van der Waals surface area contributed by atoms with Crippen LogP contribution in [0.3, 0.4) is 0 Å². The number of alkyl halides is 1. The molecule has 0 saturated heterocycles. The highest BCUT2D eigenvalue weighted by Crippen LogP contribution is 2.23. The third-order valence-electron chi connectivity index (χ3n) is 2.30. The van der Waals surface area contributed by atoms with E-state index in [0.717, 1.165) is 18.3 Å². The molecule has 0 saturated carbocycles. The Morgan fingerprint density at radius 1 is 1.53 bits per heavy atom. The summed E-state index contributed by atoms with van der Waals surface area (Å²) >= 11 is 5.24. The maximum atomic E-state index is 4.63. The first-order valence-corrected chi connectivity index (χ1v) is 7.46. The monoisotopic (exact) mass is 290 g/mol. The van der Waals surface area contributed by atoms with E-state index < -0.39 is 0 Å². The van der Waals surface area contributed by atoms with Crippen molar-refractivity contribution in [3.05, 3.63) is 11.1 Å². The molecule has 0 unspecified atom stereocenters. The molecule has 0 atom stereocenters. The van der Waals surface area contributed by atoms with Crippen LogP contribution in [-0.2, 0) is 6.42 Å². The quantitative estimate of drug-likeness (QED) is 0.743. The summed E-state index contributed by atoms with van der Waals surface area (Å²) in [5, 5.41) is 4.39. The number of hydrogen-bond donors (Lipinski definition) is 0. The Bertz CT molecular complexity index is 286. The molecule has 0 aliphatic rings. The van der Waals surface area contributed by atoms with Crippen LogP contribution in [0.5, 0.6) is 0 Å². The van der Waals surface area contributed by atoms with Crippen molar-refractivity contribution in [3.8, 4) is 0 Å². The molecule has 0 fully saturated rings. The highest BCUT2D eigenvalue weighted by molar-refractivity contribution is 9.09. The Morgan fingerprint density at radius 2 is 2.27 bits per heavy atom. The fourth-order valence-electron chi connectivity index (χ4n) is 1.40. The lowest BCUT2D eigenvalue weighted by Crippen LogP contribution is -2.31. The van der Waals surface area contributed by atoms with Crippen molar-refractivity contribution in [2.45, 2.75) is 39.7 Å². The molecule has 0 amide bonds. The van der Waals surface area contributed by atoms with Gasteiger partial charge in [-0.1, -0.05) is 22.9 Å². The molecular weight excluding hydrogens is 272 g/mol. The van der Waals surface area contributed by atoms with Crippen LogP contribution in [0.25, 0.3) is 0 Å². The molecule has 1 aromatic heterocycles. The van der Waals surface area contributed by atoms with E-state index in [1.54, 1.807) is 11.3 Å². The van der Waals surface area contributed by atoms with Gasteiger partial charge in [0.25, 0.3) is 0 Å². The highest BCUT2D eigenvalue weighted by Gasteiger charge is 2.13. The minimum Gasteiger partial charge on any atom is -0.346 e. The van der Waals surface area contributed by atoms with Crippen LogP contribution in [0.1, 0.15) is 32.9 Å². The Labute approximate surface area is 105 Å². The Balaban J connectivity index is 2.70. The van der Waals surface area contributed by atoms with Crippen LogP contribution in [0.15, 0.2) is 5.38 Å². The SMILES string of the molecule is CCc1csc(N(CCCBr)C(C)C)n1. The highest BCUT2D eigenvalue weighted by atomic mass is 79.9. The maximum Gasteiger partial charge on any atom is 0.185 e. The predicted octanol–water partition coefficient (Wildman–Crippen LogP) is 3.71. The first kappa shape index (κ1) is 13.0. The van der Waals surface area contributed by atoms with Crippen molar-refractivity contribution in [1.82, 2.24) is 4.98 Å². The van der Waals surface area contributed by atoms with E-state index in [2.05, 4.69) is 52.0 Å². The average molecular weight is 291 g/mol. The summed E-state index contributed by atoms with van der Waals surface area (Å²) in [4.78, 5) is 7.01. The van der Waals surface area contributed by atoms with Crippen molar-refractivity contribution in [2.75, 3.05) is 16.8 Å². The number of thiazole rings is 1. The molecule has 1 rings (SSSR count). The summed E-state index contributed by atoms with van der Waals surface area (Å²) in [5.41, 5.74) is 1.21. The second-order valence-corrected chi connectivity index (χ2v) is 5.43. The van der Waals surface area contributed by atoms with Crippen molar-refractivity contribution in [3.63, 3.8) is 0 Å². The van der Waals surface area contributed by atoms with Crippen LogP contribution >= 0.6 is 27.3 Å². The number of aromatic nitrogens is 1. The van der Waals surface area contributed by atoms with Gasteiger partial charge in [0, 0.05) is 23.3 Å². The molecule has 0 aliphatic carbocycles. The van der Waals surface area contributed by atoms with E-state index >= 15 is 0 Å². The lowest BCUT2D eigenvalue weighted by atomic mass is 10.3. The van der Waals surface area contributed by atoms with Crippen LogP contribution < -0.4 is 4.90 Å². The number of anilines is 1. The van der Waals surface area contributed by atoms with E-state index in [0.29, 0.717) is 6.04 Å². The Kier molecular flexibility index (Phi) is 5.61. The fourth-order valence-corrected chi connectivity index (χ4v) is 2.71. The zero-order chi connectivity index (χ0) is 11.3. The lowest BCUT2D eigenvalue weighted by Gasteiger charge is -2.25. The van der Waals surface area contributed by atoms with Crippen molar-refractivity contribution < 1.29 is 0 Å². The third kappa shape index (κ3) is 3.76. The summed E-state index contributed by atoms with van der Waals surface area (Å²) in [6.07, 6.45) is 2.19. The van der Waals surface area contributed by atoms with Gasteiger partial charge in [-0.3, -0.25) is 0 Å². The number of aryl methyl sites for hydroxylation is 1. The molecule has 0 aliphatic heterocycles. The van der Waals surface area contributed by atoms with Gasteiger partial charge in [-0.15, -0.1) is 11.3 Å². The van der Waals surface area contributed by atoms with Gasteiger partial charge in [-0.2, -0.15) is 0 Å². The normalized spacial score (nSPS) is 11.0. The molecule has 4 heteroatoms. The summed E-state index contributed by atoms with van der Waals surface area (Å²) in [6, 6.07) is 0.528. The second-order valence-electron chi connectivity index (χ2n) is 3.80. The third-order valence-corrected chi connectivity index (χ3v) is 3.79. The van der Waals surface area contributed by atoms with Crippen LogP contribution in [0.2, 0.25) is 0 Å². The number of halogens is 1. The summed E-state index contributed by atoms with van der Waals surface area (Å²) < 4.78 is 0. The maximum absolute atomic E-state index is 4.63. The number of nitrogens with zero attached hydrogens (tertiary/aromatic N) is 2. The van der Waals surface area contributed by atoms with Crippen LogP contribution in [0.4, 0.5) is 5.13 Å². The zero-order valence-electron chi connectivity index (χ0n) is 9.66. The number of rotatable bonds is 6. The van der Waals surface area contributed by atoms with E-state index in [4.69, 9.17) is 0 Å².